The van der Waals surface area contributed by atoms with Crippen LogP contribution >= 0.6 is 0 Å². The predicted octanol–water partition coefficient (Wildman–Crippen LogP) is 4.21. The molecule has 1 amide bonds. The lowest BCUT2D eigenvalue weighted by Gasteiger charge is -2.16. The number of carbonyl (C=O) groups is 1. The summed E-state index contributed by atoms with van der Waals surface area (Å²) in [5, 5.41) is 6.40. The average molecular weight is 276 g/mol. The summed E-state index contributed by atoms with van der Waals surface area (Å²) in [6.07, 6.45) is 5.71. The Kier molecular flexibility index (Phi) is 7.78. The fourth-order valence-electron chi connectivity index (χ4n) is 2.17. The van der Waals surface area contributed by atoms with E-state index < -0.39 is 0 Å². The molecule has 1 aromatic carbocycles. The number of anilines is 1. The standard InChI is InChI=1S/C17H28N2O/c1-4-6-7-10-14(3)19-17(20)15-11-8-9-12-16(15)18-13-5-2/h8-9,11-12,14,18H,4-7,10,13H2,1-3H3,(H,19,20). The van der Waals surface area contributed by atoms with Crippen molar-refractivity contribution in [2.45, 2.75) is 58.9 Å². The van der Waals surface area contributed by atoms with Crippen LogP contribution in [0.5, 0.6) is 0 Å². The molecule has 0 aromatic heterocycles. The molecule has 0 aliphatic rings. The van der Waals surface area contributed by atoms with Gasteiger partial charge < -0.3 is 10.6 Å². The molecule has 1 rings (SSSR count). The van der Waals surface area contributed by atoms with Crippen LogP contribution in [0.15, 0.2) is 24.3 Å². The van der Waals surface area contributed by atoms with Crippen molar-refractivity contribution in [2.75, 3.05) is 11.9 Å². The number of nitrogens with one attached hydrogen (secondary N) is 2. The van der Waals surface area contributed by atoms with Crippen LogP contribution in [0.4, 0.5) is 5.69 Å². The second kappa shape index (κ2) is 9.40. The largest absolute Gasteiger partial charge is 0.384 e. The van der Waals surface area contributed by atoms with E-state index in [1.54, 1.807) is 0 Å². The van der Waals surface area contributed by atoms with Gasteiger partial charge >= 0.3 is 0 Å². The molecule has 0 bridgehead atoms. The molecule has 3 nitrogen and oxygen atoms in total. The normalized spacial score (nSPS) is 11.9. The number of amides is 1. The maximum Gasteiger partial charge on any atom is 0.253 e. The number of hydrogen-bond donors (Lipinski definition) is 2. The molecule has 0 aliphatic carbocycles. The van der Waals surface area contributed by atoms with Crippen LogP contribution in [-0.2, 0) is 0 Å². The second-order valence-electron chi connectivity index (χ2n) is 5.34. The van der Waals surface area contributed by atoms with Crippen LogP contribution in [-0.4, -0.2) is 18.5 Å². The molecule has 0 fully saturated rings. The maximum atomic E-state index is 12.3. The van der Waals surface area contributed by atoms with Gasteiger partial charge in [-0.15, -0.1) is 0 Å². The molecule has 2 N–H and O–H groups in total. The zero-order valence-corrected chi connectivity index (χ0v) is 13.0. The van der Waals surface area contributed by atoms with Crippen molar-refractivity contribution in [1.29, 1.82) is 0 Å². The Labute approximate surface area is 123 Å². The summed E-state index contributed by atoms with van der Waals surface area (Å²) >= 11 is 0. The van der Waals surface area contributed by atoms with Gasteiger partial charge in [-0.3, -0.25) is 4.79 Å². The average Bonchev–Trinajstić information content (AvgIpc) is 2.45. The number of para-hydroxylation sites is 1. The van der Waals surface area contributed by atoms with E-state index >= 15 is 0 Å². The SMILES string of the molecule is CCCCCC(C)NC(=O)c1ccccc1NCCC. The molecule has 3 heteroatoms. The lowest BCUT2D eigenvalue weighted by atomic mass is 10.1. The third-order valence-electron chi connectivity index (χ3n) is 3.36. The Morgan fingerprint density at radius 1 is 1.15 bits per heavy atom. The van der Waals surface area contributed by atoms with Gasteiger partial charge in [-0.1, -0.05) is 45.2 Å². The van der Waals surface area contributed by atoms with E-state index in [2.05, 4.69) is 31.4 Å². The smallest absolute Gasteiger partial charge is 0.253 e. The van der Waals surface area contributed by atoms with Gasteiger partial charge in [-0.05, 0) is 31.9 Å². The van der Waals surface area contributed by atoms with E-state index in [4.69, 9.17) is 0 Å². The van der Waals surface area contributed by atoms with Gasteiger partial charge in [0.2, 0.25) is 0 Å². The fraction of sp³-hybridized carbons (Fsp3) is 0.588. The van der Waals surface area contributed by atoms with Gasteiger partial charge in [0.25, 0.3) is 5.91 Å². The summed E-state index contributed by atoms with van der Waals surface area (Å²) < 4.78 is 0. The van der Waals surface area contributed by atoms with Crippen LogP contribution in [0.25, 0.3) is 0 Å². The van der Waals surface area contributed by atoms with Crippen LogP contribution < -0.4 is 10.6 Å². The first-order valence-electron chi connectivity index (χ1n) is 7.82. The topological polar surface area (TPSA) is 41.1 Å². The highest BCUT2D eigenvalue weighted by molar-refractivity contribution is 5.99. The zero-order chi connectivity index (χ0) is 14.8. The van der Waals surface area contributed by atoms with Gasteiger partial charge in [-0.2, -0.15) is 0 Å². The van der Waals surface area contributed by atoms with Gasteiger partial charge in [0, 0.05) is 18.3 Å². The number of benzene rings is 1. The van der Waals surface area contributed by atoms with Gasteiger partial charge in [0.1, 0.15) is 0 Å². The number of unbranched alkanes of at least 4 members (excludes halogenated alkanes) is 2. The molecule has 20 heavy (non-hydrogen) atoms. The summed E-state index contributed by atoms with van der Waals surface area (Å²) in [7, 11) is 0. The van der Waals surface area contributed by atoms with Crippen molar-refractivity contribution in [3.05, 3.63) is 29.8 Å². The highest BCUT2D eigenvalue weighted by atomic mass is 16.1. The Hall–Kier alpha value is -1.51. The minimum absolute atomic E-state index is 0.0215. The molecule has 0 radical (unpaired) electrons. The molecular weight excluding hydrogens is 248 g/mol. The molecule has 0 saturated carbocycles. The lowest BCUT2D eigenvalue weighted by molar-refractivity contribution is 0.0938. The minimum atomic E-state index is 0.0215. The summed E-state index contributed by atoms with van der Waals surface area (Å²) in [5.74, 6) is 0.0215. The Balaban J connectivity index is 2.57. The van der Waals surface area contributed by atoms with Crippen molar-refractivity contribution < 1.29 is 4.79 Å². The fourth-order valence-corrected chi connectivity index (χ4v) is 2.17. The van der Waals surface area contributed by atoms with Gasteiger partial charge in [-0.25, -0.2) is 0 Å². The van der Waals surface area contributed by atoms with Crippen LogP contribution in [0.1, 0.15) is 63.2 Å². The number of hydrogen-bond acceptors (Lipinski definition) is 2. The number of rotatable bonds is 9. The highest BCUT2D eigenvalue weighted by Gasteiger charge is 2.12. The van der Waals surface area contributed by atoms with E-state index in [0.29, 0.717) is 0 Å². The van der Waals surface area contributed by atoms with Crippen molar-refractivity contribution in [3.63, 3.8) is 0 Å². The molecule has 1 atom stereocenters. The van der Waals surface area contributed by atoms with Crippen LogP contribution in [0.2, 0.25) is 0 Å². The molecule has 1 unspecified atom stereocenters. The maximum absolute atomic E-state index is 12.3. The van der Waals surface area contributed by atoms with Crippen LogP contribution in [0, 0.1) is 0 Å². The van der Waals surface area contributed by atoms with Crippen molar-refractivity contribution in [1.82, 2.24) is 5.32 Å². The van der Waals surface area contributed by atoms with Crippen molar-refractivity contribution in [2.24, 2.45) is 0 Å². The summed E-state index contributed by atoms with van der Waals surface area (Å²) in [6, 6.07) is 7.94. The summed E-state index contributed by atoms with van der Waals surface area (Å²) in [6.45, 7) is 7.27. The van der Waals surface area contributed by atoms with Gasteiger partial charge in [0.05, 0.1) is 5.56 Å². The molecule has 0 saturated heterocycles. The predicted molar refractivity (Wildman–Crippen MR) is 86.3 cm³/mol. The second-order valence-corrected chi connectivity index (χ2v) is 5.34. The Bertz CT molecular complexity index is 404. The summed E-state index contributed by atoms with van der Waals surface area (Å²) in [5.41, 5.74) is 1.66. The lowest BCUT2D eigenvalue weighted by Crippen LogP contribution is -2.33. The van der Waals surface area contributed by atoms with Gasteiger partial charge in [0.15, 0.2) is 0 Å². The zero-order valence-electron chi connectivity index (χ0n) is 13.0. The Morgan fingerprint density at radius 2 is 1.90 bits per heavy atom. The monoisotopic (exact) mass is 276 g/mol. The first-order chi connectivity index (χ1) is 9.69. The minimum Gasteiger partial charge on any atom is -0.384 e. The third kappa shape index (κ3) is 5.64. The van der Waals surface area contributed by atoms with E-state index in [1.165, 1.54) is 19.3 Å². The summed E-state index contributed by atoms with van der Waals surface area (Å²) in [4.78, 5) is 12.3. The van der Waals surface area contributed by atoms with E-state index in [0.717, 1.165) is 30.6 Å². The van der Waals surface area contributed by atoms with Crippen LogP contribution in [0.3, 0.4) is 0 Å². The molecule has 0 spiro atoms. The van der Waals surface area contributed by atoms with E-state index in [9.17, 15) is 4.79 Å². The molecule has 112 valence electrons. The Morgan fingerprint density at radius 3 is 2.60 bits per heavy atom. The first-order valence-corrected chi connectivity index (χ1v) is 7.82. The molecule has 0 aliphatic heterocycles. The van der Waals surface area contributed by atoms with Crippen molar-refractivity contribution in [3.8, 4) is 0 Å². The van der Waals surface area contributed by atoms with E-state index in [1.807, 2.05) is 24.3 Å². The van der Waals surface area contributed by atoms with Crippen molar-refractivity contribution >= 4 is 11.6 Å². The third-order valence-corrected chi connectivity index (χ3v) is 3.36. The molecule has 0 heterocycles. The first kappa shape index (κ1) is 16.5. The van der Waals surface area contributed by atoms with E-state index in [-0.39, 0.29) is 11.9 Å². The number of carbonyl (C=O) groups excluding carboxylic acids is 1. The highest BCUT2D eigenvalue weighted by Crippen LogP contribution is 2.15. The quantitative estimate of drug-likeness (QED) is 0.663. The molecule has 1 aromatic rings. The molecular formula is C17H28N2O.